The SMILES string of the molecule is CN=C(NCCN1CCc2ccccc2C1)NCc1ccccn1. The summed E-state index contributed by atoms with van der Waals surface area (Å²) in [6.45, 7) is 4.73. The number of rotatable bonds is 5. The molecule has 0 saturated carbocycles. The molecule has 0 saturated heterocycles. The van der Waals surface area contributed by atoms with E-state index in [9.17, 15) is 0 Å². The van der Waals surface area contributed by atoms with Gasteiger partial charge in [-0.2, -0.15) is 0 Å². The third-order valence-electron chi connectivity index (χ3n) is 4.32. The maximum absolute atomic E-state index is 4.31. The number of fused-ring (bicyclic) bond motifs is 1. The molecule has 0 bridgehead atoms. The van der Waals surface area contributed by atoms with Crippen molar-refractivity contribution in [2.24, 2.45) is 4.99 Å². The molecule has 2 heterocycles. The van der Waals surface area contributed by atoms with Gasteiger partial charge >= 0.3 is 0 Å². The number of guanidine groups is 1. The number of hydrogen-bond acceptors (Lipinski definition) is 3. The highest BCUT2D eigenvalue weighted by Gasteiger charge is 2.14. The van der Waals surface area contributed by atoms with E-state index in [1.807, 2.05) is 18.2 Å². The fourth-order valence-electron chi connectivity index (χ4n) is 2.98. The van der Waals surface area contributed by atoms with Crippen molar-refractivity contribution in [3.05, 3.63) is 65.5 Å². The summed E-state index contributed by atoms with van der Waals surface area (Å²) in [7, 11) is 1.80. The minimum absolute atomic E-state index is 0.678. The van der Waals surface area contributed by atoms with Crippen LogP contribution in [-0.2, 0) is 19.5 Å². The molecule has 0 unspecified atom stereocenters. The molecule has 0 fully saturated rings. The fraction of sp³-hybridized carbons (Fsp3) is 0.368. The van der Waals surface area contributed by atoms with Gasteiger partial charge in [-0.3, -0.25) is 14.9 Å². The Hall–Kier alpha value is -2.40. The largest absolute Gasteiger partial charge is 0.355 e. The van der Waals surface area contributed by atoms with Gasteiger partial charge in [0.05, 0.1) is 12.2 Å². The van der Waals surface area contributed by atoms with Crippen molar-refractivity contribution in [3.8, 4) is 0 Å². The number of benzene rings is 1. The number of nitrogens with one attached hydrogen (secondary N) is 2. The lowest BCUT2D eigenvalue weighted by molar-refractivity contribution is 0.258. The minimum Gasteiger partial charge on any atom is -0.355 e. The molecule has 1 aromatic heterocycles. The van der Waals surface area contributed by atoms with Crippen LogP contribution in [0.4, 0.5) is 0 Å². The quantitative estimate of drug-likeness (QED) is 0.651. The molecule has 5 nitrogen and oxygen atoms in total. The van der Waals surface area contributed by atoms with E-state index in [0.29, 0.717) is 6.54 Å². The van der Waals surface area contributed by atoms with Gasteiger partial charge in [0, 0.05) is 39.4 Å². The van der Waals surface area contributed by atoms with Gasteiger partial charge in [-0.25, -0.2) is 0 Å². The summed E-state index contributed by atoms with van der Waals surface area (Å²) in [6.07, 6.45) is 2.95. The topological polar surface area (TPSA) is 52.6 Å². The molecule has 0 aliphatic carbocycles. The molecule has 0 spiro atoms. The number of aliphatic imine (C=N–C) groups is 1. The summed E-state index contributed by atoms with van der Waals surface area (Å²) in [6, 6.07) is 14.7. The van der Waals surface area contributed by atoms with Crippen LogP contribution in [0.3, 0.4) is 0 Å². The van der Waals surface area contributed by atoms with Gasteiger partial charge in [-0.1, -0.05) is 30.3 Å². The molecule has 1 aliphatic heterocycles. The van der Waals surface area contributed by atoms with Gasteiger partial charge in [-0.15, -0.1) is 0 Å². The molecule has 1 aromatic carbocycles. The molecule has 3 rings (SSSR count). The second-order valence-corrected chi connectivity index (χ2v) is 5.97. The summed E-state index contributed by atoms with van der Waals surface area (Å²) in [5, 5.41) is 6.68. The first-order chi connectivity index (χ1) is 11.8. The van der Waals surface area contributed by atoms with Gasteiger partial charge in [0.25, 0.3) is 0 Å². The standard InChI is InChI=1S/C19H25N5/c1-20-19(23-14-18-8-4-5-10-21-18)22-11-13-24-12-9-16-6-2-3-7-17(16)15-24/h2-8,10H,9,11-15H2,1H3,(H2,20,22,23). The van der Waals surface area contributed by atoms with Crippen molar-refractivity contribution < 1.29 is 0 Å². The molecular weight excluding hydrogens is 298 g/mol. The molecular formula is C19H25N5. The van der Waals surface area contributed by atoms with Crippen LogP contribution in [0.2, 0.25) is 0 Å². The smallest absolute Gasteiger partial charge is 0.191 e. The van der Waals surface area contributed by atoms with Crippen molar-refractivity contribution in [1.82, 2.24) is 20.5 Å². The van der Waals surface area contributed by atoms with Gasteiger partial charge in [0.1, 0.15) is 0 Å². The van der Waals surface area contributed by atoms with Crippen molar-refractivity contribution in [1.29, 1.82) is 0 Å². The summed E-state index contributed by atoms with van der Waals surface area (Å²) >= 11 is 0. The highest BCUT2D eigenvalue weighted by atomic mass is 15.2. The Morgan fingerprint density at radius 1 is 1.12 bits per heavy atom. The van der Waals surface area contributed by atoms with E-state index in [1.165, 1.54) is 11.1 Å². The van der Waals surface area contributed by atoms with Crippen LogP contribution >= 0.6 is 0 Å². The zero-order valence-corrected chi connectivity index (χ0v) is 14.2. The first-order valence-electron chi connectivity index (χ1n) is 8.49. The molecule has 2 N–H and O–H groups in total. The van der Waals surface area contributed by atoms with E-state index in [0.717, 1.165) is 44.3 Å². The van der Waals surface area contributed by atoms with Crippen LogP contribution in [0.1, 0.15) is 16.8 Å². The Morgan fingerprint density at radius 3 is 2.75 bits per heavy atom. The van der Waals surface area contributed by atoms with Crippen LogP contribution < -0.4 is 10.6 Å². The molecule has 1 aliphatic rings. The van der Waals surface area contributed by atoms with Gasteiger partial charge < -0.3 is 10.6 Å². The minimum atomic E-state index is 0.678. The molecule has 5 heteroatoms. The first-order valence-corrected chi connectivity index (χ1v) is 8.49. The number of nitrogens with zero attached hydrogens (tertiary/aromatic N) is 3. The monoisotopic (exact) mass is 323 g/mol. The molecule has 0 atom stereocenters. The molecule has 0 radical (unpaired) electrons. The van der Waals surface area contributed by atoms with E-state index in [-0.39, 0.29) is 0 Å². The maximum Gasteiger partial charge on any atom is 0.191 e. The number of hydrogen-bond donors (Lipinski definition) is 2. The van der Waals surface area contributed by atoms with E-state index in [4.69, 9.17) is 0 Å². The number of aromatic nitrogens is 1. The Morgan fingerprint density at radius 2 is 1.96 bits per heavy atom. The molecule has 2 aromatic rings. The zero-order chi connectivity index (χ0) is 16.6. The third-order valence-corrected chi connectivity index (χ3v) is 4.32. The summed E-state index contributed by atoms with van der Waals surface area (Å²) < 4.78 is 0. The average molecular weight is 323 g/mol. The van der Waals surface area contributed by atoms with Crippen molar-refractivity contribution in [2.75, 3.05) is 26.7 Å². The van der Waals surface area contributed by atoms with Crippen molar-refractivity contribution >= 4 is 5.96 Å². The Kier molecular flexibility index (Phi) is 5.80. The predicted octanol–water partition coefficient (Wildman–Crippen LogP) is 1.80. The predicted molar refractivity (Wildman–Crippen MR) is 97.9 cm³/mol. The van der Waals surface area contributed by atoms with Crippen LogP contribution in [0.15, 0.2) is 53.7 Å². The van der Waals surface area contributed by atoms with E-state index < -0.39 is 0 Å². The summed E-state index contributed by atoms with van der Waals surface area (Å²) in [4.78, 5) is 11.1. The Balaban J connectivity index is 1.41. The van der Waals surface area contributed by atoms with E-state index in [1.54, 1.807) is 13.2 Å². The second kappa shape index (κ2) is 8.45. The highest BCUT2D eigenvalue weighted by Crippen LogP contribution is 2.17. The van der Waals surface area contributed by atoms with Crippen LogP contribution in [-0.4, -0.2) is 42.5 Å². The third kappa shape index (κ3) is 4.55. The fourth-order valence-corrected chi connectivity index (χ4v) is 2.98. The molecule has 0 amide bonds. The first kappa shape index (κ1) is 16.5. The van der Waals surface area contributed by atoms with Gasteiger partial charge in [0.2, 0.25) is 0 Å². The average Bonchev–Trinajstić information content (AvgIpc) is 2.65. The van der Waals surface area contributed by atoms with Crippen LogP contribution in [0, 0.1) is 0 Å². The van der Waals surface area contributed by atoms with Crippen molar-refractivity contribution in [2.45, 2.75) is 19.5 Å². The normalized spacial score (nSPS) is 15.0. The number of pyridine rings is 1. The summed E-state index contributed by atoms with van der Waals surface area (Å²) in [5.41, 5.74) is 3.96. The maximum atomic E-state index is 4.31. The van der Waals surface area contributed by atoms with Gasteiger partial charge in [-0.05, 0) is 29.7 Å². The van der Waals surface area contributed by atoms with E-state index >= 15 is 0 Å². The lowest BCUT2D eigenvalue weighted by atomic mass is 10.00. The molecule has 126 valence electrons. The Labute approximate surface area is 143 Å². The summed E-state index contributed by atoms with van der Waals surface area (Å²) in [5.74, 6) is 0.818. The van der Waals surface area contributed by atoms with Crippen LogP contribution in [0.25, 0.3) is 0 Å². The van der Waals surface area contributed by atoms with Crippen molar-refractivity contribution in [3.63, 3.8) is 0 Å². The highest BCUT2D eigenvalue weighted by molar-refractivity contribution is 5.79. The van der Waals surface area contributed by atoms with Crippen LogP contribution in [0.5, 0.6) is 0 Å². The lowest BCUT2D eigenvalue weighted by Gasteiger charge is -2.28. The lowest BCUT2D eigenvalue weighted by Crippen LogP contribution is -2.42. The van der Waals surface area contributed by atoms with Gasteiger partial charge in [0.15, 0.2) is 5.96 Å². The van der Waals surface area contributed by atoms with E-state index in [2.05, 4.69) is 49.8 Å². The Bertz CT molecular complexity index is 668. The molecule has 24 heavy (non-hydrogen) atoms. The second-order valence-electron chi connectivity index (χ2n) is 5.97. The zero-order valence-electron chi connectivity index (χ0n) is 14.2.